The zero-order chi connectivity index (χ0) is 14.4. The molecule has 6 heteroatoms. The first-order chi connectivity index (χ1) is 9.01. The number of halogens is 1. The second-order valence-electron chi connectivity index (χ2n) is 3.74. The standard InChI is InChI=1S/C13H15BrO5/c1-3-18-12(16)7-19-11-5-4-9(10(15)6-14)13(17)8(11)2/h4-5,17H,3,6-7H2,1-2H3. The molecule has 0 aliphatic rings. The molecule has 0 spiro atoms. The van der Waals surface area contributed by atoms with E-state index in [4.69, 9.17) is 9.47 Å². The summed E-state index contributed by atoms with van der Waals surface area (Å²) < 4.78 is 9.97. The van der Waals surface area contributed by atoms with Gasteiger partial charge in [-0.2, -0.15) is 0 Å². The Morgan fingerprint density at radius 2 is 2.05 bits per heavy atom. The minimum Gasteiger partial charge on any atom is -0.507 e. The van der Waals surface area contributed by atoms with Gasteiger partial charge in [0.2, 0.25) is 0 Å². The maximum atomic E-state index is 11.5. The van der Waals surface area contributed by atoms with Gasteiger partial charge in [0.1, 0.15) is 11.5 Å². The number of alkyl halides is 1. The lowest BCUT2D eigenvalue weighted by atomic mass is 10.1. The summed E-state index contributed by atoms with van der Waals surface area (Å²) in [5.74, 6) is -0.498. The first-order valence-corrected chi connectivity index (χ1v) is 6.83. The summed E-state index contributed by atoms with van der Waals surface area (Å²) in [7, 11) is 0. The maximum absolute atomic E-state index is 11.5. The normalized spacial score (nSPS) is 10.1. The number of hydrogen-bond donors (Lipinski definition) is 1. The molecule has 0 bridgehead atoms. The Morgan fingerprint density at radius 1 is 1.37 bits per heavy atom. The molecule has 0 fully saturated rings. The van der Waals surface area contributed by atoms with Gasteiger partial charge in [-0.05, 0) is 26.0 Å². The zero-order valence-electron chi connectivity index (χ0n) is 10.7. The smallest absolute Gasteiger partial charge is 0.344 e. The lowest BCUT2D eigenvalue weighted by molar-refractivity contribution is -0.145. The van der Waals surface area contributed by atoms with Gasteiger partial charge in [0, 0.05) is 5.56 Å². The Labute approximate surface area is 119 Å². The third-order valence-electron chi connectivity index (χ3n) is 2.45. The highest BCUT2D eigenvalue weighted by atomic mass is 79.9. The van der Waals surface area contributed by atoms with Crippen molar-refractivity contribution in [3.8, 4) is 11.5 Å². The molecule has 0 aromatic heterocycles. The van der Waals surface area contributed by atoms with Gasteiger partial charge in [0.05, 0.1) is 17.5 Å². The molecular formula is C13H15BrO5. The van der Waals surface area contributed by atoms with Crippen LogP contribution in [0.1, 0.15) is 22.8 Å². The van der Waals surface area contributed by atoms with Crippen molar-refractivity contribution in [2.45, 2.75) is 13.8 Å². The Bertz CT molecular complexity index is 484. The second kappa shape index (κ2) is 7.13. The van der Waals surface area contributed by atoms with Crippen LogP contribution in [0.5, 0.6) is 11.5 Å². The summed E-state index contributed by atoms with van der Waals surface area (Å²) in [5.41, 5.74) is 0.633. The van der Waals surface area contributed by atoms with E-state index in [1.807, 2.05) is 0 Å². The highest BCUT2D eigenvalue weighted by Gasteiger charge is 2.15. The highest BCUT2D eigenvalue weighted by molar-refractivity contribution is 9.09. The third-order valence-corrected chi connectivity index (χ3v) is 2.96. The van der Waals surface area contributed by atoms with Crippen LogP contribution in [0.2, 0.25) is 0 Å². The number of phenolic OH excluding ortho intramolecular Hbond substituents is 1. The molecule has 1 aromatic rings. The Morgan fingerprint density at radius 3 is 2.63 bits per heavy atom. The molecule has 19 heavy (non-hydrogen) atoms. The number of phenols is 1. The number of ketones is 1. The first-order valence-electron chi connectivity index (χ1n) is 5.71. The molecule has 0 aliphatic heterocycles. The topological polar surface area (TPSA) is 72.8 Å². The molecule has 0 heterocycles. The Hall–Kier alpha value is -1.56. The molecule has 5 nitrogen and oxygen atoms in total. The van der Waals surface area contributed by atoms with Gasteiger partial charge in [-0.1, -0.05) is 15.9 Å². The fourth-order valence-corrected chi connectivity index (χ4v) is 1.78. The monoisotopic (exact) mass is 330 g/mol. The van der Waals surface area contributed by atoms with Gasteiger partial charge in [-0.15, -0.1) is 0 Å². The number of benzene rings is 1. The van der Waals surface area contributed by atoms with Crippen LogP contribution in [0, 0.1) is 6.92 Å². The van der Waals surface area contributed by atoms with Crippen LogP contribution in [-0.4, -0.2) is 35.4 Å². The molecule has 0 radical (unpaired) electrons. The maximum Gasteiger partial charge on any atom is 0.344 e. The fourth-order valence-electron chi connectivity index (χ4n) is 1.47. The lowest BCUT2D eigenvalue weighted by Gasteiger charge is -2.11. The molecule has 0 unspecified atom stereocenters. The number of rotatable bonds is 6. The van der Waals surface area contributed by atoms with Crippen LogP contribution in [0.3, 0.4) is 0 Å². The van der Waals surface area contributed by atoms with Gasteiger partial charge < -0.3 is 14.6 Å². The van der Waals surface area contributed by atoms with Gasteiger partial charge in [0.25, 0.3) is 0 Å². The predicted molar refractivity (Wildman–Crippen MR) is 73.1 cm³/mol. The highest BCUT2D eigenvalue weighted by Crippen LogP contribution is 2.31. The summed E-state index contributed by atoms with van der Waals surface area (Å²) in [6.07, 6.45) is 0. The molecule has 0 aliphatic carbocycles. The quantitative estimate of drug-likeness (QED) is 0.492. The number of carbonyl (C=O) groups is 2. The van der Waals surface area contributed by atoms with E-state index in [9.17, 15) is 14.7 Å². The largest absolute Gasteiger partial charge is 0.507 e. The Kier molecular flexibility index (Phi) is 5.82. The van der Waals surface area contributed by atoms with Gasteiger partial charge in [-0.3, -0.25) is 4.79 Å². The molecule has 0 amide bonds. The summed E-state index contributed by atoms with van der Waals surface area (Å²) in [5, 5.41) is 10.0. The van der Waals surface area contributed by atoms with Crippen LogP contribution in [-0.2, 0) is 9.53 Å². The van der Waals surface area contributed by atoms with Crippen LogP contribution in [0.15, 0.2) is 12.1 Å². The van der Waals surface area contributed by atoms with Crippen molar-refractivity contribution in [3.63, 3.8) is 0 Å². The van der Waals surface area contributed by atoms with Crippen molar-refractivity contribution < 1.29 is 24.2 Å². The number of carbonyl (C=O) groups excluding carboxylic acids is 2. The Balaban J connectivity index is 2.85. The molecule has 0 atom stereocenters. The van der Waals surface area contributed by atoms with Crippen LogP contribution in [0.25, 0.3) is 0 Å². The van der Waals surface area contributed by atoms with E-state index in [1.54, 1.807) is 19.9 Å². The SMILES string of the molecule is CCOC(=O)COc1ccc(C(=O)CBr)c(O)c1C. The molecule has 1 aromatic carbocycles. The van der Waals surface area contributed by atoms with Crippen LogP contribution >= 0.6 is 15.9 Å². The molecule has 0 saturated carbocycles. The summed E-state index contributed by atoms with van der Waals surface area (Å²) in [6, 6.07) is 3.01. The van der Waals surface area contributed by atoms with E-state index in [2.05, 4.69) is 15.9 Å². The van der Waals surface area contributed by atoms with E-state index in [-0.39, 0.29) is 35.6 Å². The summed E-state index contributed by atoms with van der Waals surface area (Å²) in [6.45, 7) is 3.36. The van der Waals surface area contributed by atoms with Crippen LogP contribution in [0.4, 0.5) is 0 Å². The van der Waals surface area contributed by atoms with Gasteiger partial charge in [0.15, 0.2) is 12.4 Å². The average molecular weight is 331 g/mol. The summed E-state index contributed by atoms with van der Waals surface area (Å²) in [4.78, 5) is 22.7. The van der Waals surface area contributed by atoms with Crippen molar-refractivity contribution in [2.24, 2.45) is 0 Å². The lowest BCUT2D eigenvalue weighted by Crippen LogP contribution is -2.15. The zero-order valence-corrected chi connectivity index (χ0v) is 12.3. The van der Waals surface area contributed by atoms with Crippen molar-refractivity contribution in [1.29, 1.82) is 0 Å². The van der Waals surface area contributed by atoms with E-state index in [0.717, 1.165) is 0 Å². The molecule has 104 valence electrons. The number of hydrogen-bond acceptors (Lipinski definition) is 5. The predicted octanol–water partition coefficient (Wildman–Crippen LogP) is 2.22. The minimum absolute atomic E-state index is 0.128. The summed E-state index contributed by atoms with van der Waals surface area (Å²) >= 11 is 3.04. The van der Waals surface area contributed by atoms with Crippen LogP contribution < -0.4 is 4.74 Å². The number of ether oxygens (including phenoxy) is 2. The fraction of sp³-hybridized carbons (Fsp3) is 0.385. The second-order valence-corrected chi connectivity index (χ2v) is 4.30. The first kappa shape index (κ1) is 15.5. The van der Waals surface area contributed by atoms with E-state index < -0.39 is 5.97 Å². The minimum atomic E-state index is -0.484. The van der Waals surface area contributed by atoms with Crippen molar-refractivity contribution >= 4 is 27.7 Å². The number of esters is 1. The van der Waals surface area contributed by atoms with Crippen molar-refractivity contribution in [3.05, 3.63) is 23.3 Å². The molecule has 0 saturated heterocycles. The van der Waals surface area contributed by atoms with E-state index in [1.165, 1.54) is 6.07 Å². The average Bonchev–Trinajstić information content (AvgIpc) is 2.40. The van der Waals surface area contributed by atoms with E-state index in [0.29, 0.717) is 11.3 Å². The molecule has 1 rings (SSSR count). The van der Waals surface area contributed by atoms with Gasteiger partial charge in [-0.25, -0.2) is 4.79 Å². The van der Waals surface area contributed by atoms with E-state index >= 15 is 0 Å². The van der Waals surface area contributed by atoms with Crippen molar-refractivity contribution in [1.82, 2.24) is 0 Å². The van der Waals surface area contributed by atoms with Gasteiger partial charge >= 0.3 is 5.97 Å². The number of aromatic hydroxyl groups is 1. The molecule has 1 N–H and O–H groups in total. The van der Waals surface area contributed by atoms with Crippen molar-refractivity contribution in [2.75, 3.05) is 18.5 Å². The third kappa shape index (κ3) is 3.96. The molecular weight excluding hydrogens is 316 g/mol. The number of Topliss-reactive ketones (excluding diaryl/α,β-unsaturated/α-hetero) is 1.